The van der Waals surface area contributed by atoms with Gasteiger partial charge in [-0.15, -0.1) is 0 Å². The van der Waals surface area contributed by atoms with Crippen LogP contribution in [0.3, 0.4) is 0 Å². The van der Waals surface area contributed by atoms with Crippen LogP contribution in [0.25, 0.3) is 0 Å². The van der Waals surface area contributed by atoms with E-state index in [2.05, 4.69) is 10.3 Å². The summed E-state index contributed by atoms with van der Waals surface area (Å²) in [6, 6.07) is 3.01. The van der Waals surface area contributed by atoms with Crippen molar-refractivity contribution in [3.8, 4) is 11.5 Å². The average Bonchev–Trinajstić information content (AvgIpc) is 3.01. The highest BCUT2D eigenvalue weighted by Gasteiger charge is 2.40. The number of unbranched alkanes of at least 4 members (excludes halogenated alkanes) is 5. The second-order valence-electron chi connectivity index (χ2n) is 7.53. The van der Waals surface area contributed by atoms with Gasteiger partial charge in [-0.3, -0.25) is 14.9 Å². The fraction of sp³-hybridized carbons (Fsp3) is 0.571. The number of nitrogens with two attached hydrogens (primary N) is 1. The van der Waals surface area contributed by atoms with E-state index in [0.717, 1.165) is 44.1 Å². The molecule has 0 saturated carbocycles. The zero-order valence-corrected chi connectivity index (χ0v) is 17.4. The molecule has 4 N–H and O–H groups in total. The van der Waals surface area contributed by atoms with Crippen molar-refractivity contribution in [3.63, 3.8) is 0 Å². The molecule has 0 bridgehead atoms. The summed E-state index contributed by atoms with van der Waals surface area (Å²) in [6.07, 6.45) is 6.11. The third-order valence-corrected chi connectivity index (χ3v) is 5.35. The maximum absolute atomic E-state index is 12.2. The largest absolute Gasteiger partial charge is 0.492 e. The number of aliphatic imine (C=N–C) groups is 1. The lowest BCUT2D eigenvalue weighted by Gasteiger charge is -2.29. The normalized spacial score (nSPS) is 17.1. The molecule has 1 atom stereocenters. The van der Waals surface area contributed by atoms with Crippen LogP contribution in [0, 0.1) is 0 Å². The molecule has 2 heterocycles. The van der Waals surface area contributed by atoms with Crippen molar-refractivity contribution < 1.29 is 24.2 Å². The van der Waals surface area contributed by atoms with E-state index >= 15 is 0 Å². The Hall–Kier alpha value is -2.81. The fourth-order valence-electron chi connectivity index (χ4n) is 3.80. The Balaban J connectivity index is 1.64. The van der Waals surface area contributed by atoms with Crippen molar-refractivity contribution in [1.82, 2.24) is 10.2 Å². The van der Waals surface area contributed by atoms with Crippen molar-refractivity contribution in [3.05, 3.63) is 17.7 Å². The average molecular weight is 418 g/mol. The Morgan fingerprint density at radius 3 is 2.70 bits per heavy atom. The van der Waals surface area contributed by atoms with E-state index in [1.807, 2.05) is 12.1 Å². The van der Waals surface area contributed by atoms with Gasteiger partial charge < -0.3 is 25.2 Å². The van der Waals surface area contributed by atoms with E-state index in [0.29, 0.717) is 36.3 Å². The predicted octanol–water partition coefficient (Wildman–Crippen LogP) is 1.58. The fourth-order valence-corrected chi connectivity index (χ4v) is 3.80. The first kappa shape index (κ1) is 21.9. The van der Waals surface area contributed by atoms with Gasteiger partial charge in [0.1, 0.15) is 6.04 Å². The molecule has 30 heavy (non-hydrogen) atoms. The number of methoxy groups -OCH3 is 1. The van der Waals surface area contributed by atoms with E-state index < -0.39 is 11.9 Å². The number of carbonyl (C=O) groups is 2. The lowest BCUT2D eigenvalue weighted by Crippen LogP contribution is -2.39. The number of amides is 2. The molecule has 1 fully saturated rings. The maximum atomic E-state index is 12.2. The van der Waals surface area contributed by atoms with Gasteiger partial charge in [0, 0.05) is 12.2 Å². The molecule has 1 saturated heterocycles. The van der Waals surface area contributed by atoms with E-state index in [9.17, 15) is 9.59 Å². The van der Waals surface area contributed by atoms with E-state index in [4.69, 9.17) is 20.3 Å². The molecule has 0 aromatic heterocycles. The quantitative estimate of drug-likeness (QED) is 0.443. The highest BCUT2D eigenvalue weighted by molar-refractivity contribution is 6.09. The molecular weight excluding hydrogens is 388 g/mol. The number of aliphatic hydroxyl groups excluding tert-OH is 1. The first-order chi connectivity index (χ1) is 14.5. The second-order valence-corrected chi connectivity index (χ2v) is 7.53. The molecule has 2 aliphatic rings. The summed E-state index contributed by atoms with van der Waals surface area (Å²) in [7, 11) is 1.58. The summed E-state index contributed by atoms with van der Waals surface area (Å²) in [4.78, 5) is 29.8. The van der Waals surface area contributed by atoms with Crippen LogP contribution in [0.4, 0.5) is 5.69 Å². The number of rotatable bonds is 12. The molecule has 9 nitrogen and oxygen atoms in total. The van der Waals surface area contributed by atoms with E-state index in [1.54, 1.807) is 12.0 Å². The van der Waals surface area contributed by atoms with Crippen LogP contribution in [0.2, 0.25) is 0 Å². The van der Waals surface area contributed by atoms with Crippen molar-refractivity contribution in [2.45, 2.75) is 57.5 Å². The first-order valence-electron chi connectivity index (χ1n) is 10.4. The molecule has 0 aliphatic carbocycles. The Bertz CT molecular complexity index is 811. The molecule has 2 aliphatic heterocycles. The van der Waals surface area contributed by atoms with Crippen LogP contribution in [-0.4, -0.2) is 54.1 Å². The van der Waals surface area contributed by atoms with Crippen LogP contribution in [0.1, 0.15) is 50.5 Å². The standard InChI is InChI=1S/C21H30N4O5/c1-29-19-14-13-25-16(12-18(22)27)20(28)24-21(25)23-15(14)8-9-17(19)30-11-7-5-3-2-4-6-10-26/h8-9,16,26H,2-7,10-13H2,1H3,(H2,22,27)(H,23,24,28). The first-order valence-corrected chi connectivity index (χ1v) is 10.4. The topological polar surface area (TPSA) is 126 Å². The third kappa shape index (κ3) is 5.02. The maximum Gasteiger partial charge on any atom is 0.250 e. The molecule has 1 unspecified atom stereocenters. The summed E-state index contributed by atoms with van der Waals surface area (Å²) in [5.74, 6) is 0.837. The molecule has 1 aromatic carbocycles. The van der Waals surface area contributed by atoms with Gasteiger partial charge >= 0.3 is 0 Å². The van der Waals surface area contributed by atoms with Crippen LogP contribution < -0.4 is 20.5 Å². The Morgan fingerprint density at radius 1 is 1.27 bits per heavy atom. The zero-order valence-electron chi connectivity index (χ0n) is 17.4. The SMILES string of the molecule is COc1c(OCCCCCCCCO)ccc2c1CN1C(=N2)NC(=O)C1CC(N)=O. The van der Waals surface area contributed by atoms with Crippen molar-refractivity contribution in [2.24, 2.45) is 10.7 Å². The lowest BCUT2D eigenvalue weighted by atomic mass is 10.1. The molecule has 1 aromatic rings. The molecule has 164 valence electrons. The number of aliphatic hydroxyl groups is 1. The van der Waals surface area contributed by atoms with Gasteiger partial charge in [0.05, 0.1) is 32.4 Å². The number of hydrogen-bond donors (Lipinski definition) is 3. The number of primary amides is 1. The smallest absolute Gasteiger partial charge is 0.250 e. The zero-order chi connectivity index (χ0) is 21.5. The number of ether oxygens (including phenoxy) is 2. The highest BCUT2D eigenvalue weighted by Crippen LogP contribution is 2.41. The second kappa shape index (κ2) is 10.3. The van der Waals surface area contributed by atoms with Crippen LogP contribution in [-0.2, 0) is 16.1 Å². The molecule has 0 spiro atoms. The number of benzene rings is 1. The van der Waals surface area contributed by atoms with Crippen LogP contribution in [0.15, 0.2) is 17.1 Å². The molecule has 9 heteroatoms. The summed E-state index contributed by atoms with van der Waals surface area (Å²) in [5, 5.41) is 11.5. The number of hydrogen-bond acceptors (Lipinski definition) is 7. The van der Waals surface area contributed by atoms with Gasteiger partial charge in [0.15, 0.2) is 11.5 Å². The van der Waals surface area contributed by atoms with E-state index in [-0.39, 0.29) is 18.9 Å². The molecule has 2 amide bonds. The number of nitrogens with one attached hydrogen (secondary N) is 1. The lowest BCUT2D eigenvalue weighted by molar-refractivity contribution is -0.126. The minimum Gasteiger partial charge on any atom is -0.492 e. The van der Waals surface area contributed by atoms with Crippen LogP contribution in [0.5, 0.6) is 11.5 Å². The van der Waals surface area contributed by atoms with Crippen LogP contribution >= 0.6 is 0 Å². The summed E-state index contributed by atoms with van der Waals surface area (Å²) >= 11 is 0. The highest BCUT2D eigenvalue weighted by atomic mass is 16.5. The third-order valence-electron chi connectivity index (χ3n) is 5.35. The van der Waals surface area contributed by atoms with Gasteiger partial charge in [-0.05, 0) is 25.0 Å². The number of carbonyl (C=O) groups excluding carboxylic acids is 2. The number of nitrogens with zero attached hydrogens (tertiary/aromatic N) is 2. The van der Waals surface area contributed by atoms with E-state index in [1.165, 1.54) is 0 Å². The minimum absolute atomic E-state index is 0.0724. The predicted molar refractivity (Wildman–Crippen MR) is 112 cm³/mol. The van der Waals surface area contributed by atoms with Gasteiger partial charge in [0.2, 0.25) is 17.8 Å². The molecule has 0 radical (unpaired) electrons. The summed E-state index contributed by atoms with van der Waals surface area (Å²) in [5.41, 5.74) is 6.82. The van der Waals surface area contributed by atoms with Gasteiger partial charge in [-0.1, -0.05) is 25.7 Å². The minimum atomic E-state index is -0.672. The van der Waals surface area contributed by atoms with Crippen molar-refractivity contribution in [1.29, 1.82) is 0 Å². The molecular formula is C21H30N4O5. The van der Waals surface area contributed by atoms with Crippen molar-refractivity contribution in [2.75, 3.05) is 20.3 Å². The van der Waals surface area contributed by atoms with Gasteiger partial charge in [-0.25, -0.2) is 4.99 Å². The van der Waals surface area contributed by atoms with Gasteiger partial charge in [-0.2, -0.15) is 0 Å². The number of fused-ring (bicyclic) bond motifs is 2. The summed E-state index contributed by atoms with van der Waals surface area (Å²) in [6.45, 7) is 1.21. The number of guanidine groups is 1. The van der Waals surface area contributed by atoms with Crippen molar-refractivity contribution >= 4 is 23.5 Å². The Kier molecular flexibility index (Phi) is 7.51. The monoisotopic (exact) mass is 418 g/mol. The molecule has 3 rings (SSSR count). The Morgan fingerprint density at radius 2 is 2.00 bits per heavy atom. The summed E-state index contributed by atoms with van der Waals surface area (Å²) < 4.78 is 11.6. The van der Waals surface area contributed by atoms with Gasteiger partial charge in [0.25, 0.3) is 0 Å². The Labute approximate surface area is 176 Å².